The summed E-state index contributed by atoms with van der Waals surface area (Å²) in [5.74, 6) is 0.788. The first-order valence-corrected chi connectivity index (χ1v) is 11.8. The van der Waals surface area contributed by atoms with Gasteiger partial charge in [-0.25, -0.2) is 8.78 Å². The van der Waals surface area contributed by atoms with E-state index in [1.807, 2.05) is 12.1 Å². The van der Waals surface area contributed by atoms with Crippen LogP contribution in [0.2, 0.25) is 0 Å². The zero-order valence-corrected chi connectivity index (χ0v) is 20.7. The lowest BCUT2D eigenvalue weighted by Gasteiger charge is -2.39. The van der Waals surface area contributed by atoms with Crippen LogP contribution in [0.15, 0.2) is 60.7 Å². The van der Waals surface area contributed by atoms with Gasteiger partial charge in [-0.1, -0.05) is 6.07 Å². The molecule has 0 bridgehead atoms. The van der Waals surface area contributed by atoms with Gasteiger partial charge in [0.15, 0.2) is 11.5 Å². The Morgan fingerprint density at radius 3 is 1.97 bits per heavy atom. The van der Waals surface area contributed by atoms with Gasteiger partial charge in [0.25, 0.3) is 5.91 Å². The zero-order chi connectivity index (χ0) is 25.7. The third-order valence-corrected chi connectivity index (χ3v) is 6.52. The summed E-state index contributed by atoms with van der Waals surface area (Å²) < 4.78 is 43.6. The predicted octanol–water partition coefficient (Wildman–Crippen LogP) is 5.30. The van der Waals surface area contributed by atoms with Gasteiger partial charge < -0.3 is 19.1 Å². The number of amides is 1. The minimum absolute atomic E-state index is 0.0865. The maximum absolute atomic E-state index is 13.6. The number of likely N-dealkylation sites (tertiary alicyclic amines) is 1. The molecule has 8 heteroatoms. The highest BCUT2D eigenvalue weighted by Gasteiger charge is 2.30. The first-order chi connectivity index (χ1) is 17.4. The third kappa shape index (κ3) is 5.44. The minimum atomic E-state index is -0.404. The molecular weight excluding hydrogens is 466 g/mol. The smallest absolute Gasteiger partial charge is 0.258 e. The Morgan fingerprint density at radius 1 is 0.833 bits per heavy atom. The molecule has 3 aromatic carbocycles. The maximum atomic E-state index is 13.6. The van der Waals surface area contributed by atoms with Gasteiger partial charge in [0.05, 0.1) is 21.3 Å². The highest BCUT2D eigenvalue weighted by atomic mass is 19.1. The summed E-state index contributed by atoms with van der Waals surface area (Å²) in [5.41, 5.74) is 1.98. The quantitative estimate of drug-likeness (QED) is 0.424. The van der Waals surface area contributed by atoms with Gasteiger partial charge in [-0.15, -0.1) is 0 Å². The number of hydrogen-bond acceptors (Lipinski definition) is 5. The molecule has 190 valence electrons. The number of rotatable bonds is 8. The van der Waals surface area contributed by atoms with E-state index in [0.717, 1.165) is 31.5 Å². The van der Waals surface area contributed by atoms with Crippen LogP contribution in [-0.2, 0) is 6.54 Å². The largest absolute Gasteiger partial charge is 0.493 e. The Hall–Kier alpha value is -3.65. The van der Waals surface area contributed by atoms with E-state index in [1.165, 1.54) is 36.4 Å². The fourth-order valence-electron chi connectivity index (χ4n) is 4.69. The van der Waals surface area contributed by atoms with Gasteiger partial charge in [0, 0.05) is 42.5 Å². The third-order valence-electron chi connectivity index (χ3n) is 6.52. The summed E-state index contributed by atoms with van der Waals surface area (Å²) >= 11 is 0. The van der Waals surface area contributed by atoms with Crippen molar-refractivity contribution in [2.75, 3.05) is 39.3 Å². The molecule has 0 N–H and O–H groups in total. The summed E-state index contributed by atoms with van der Waals surface area (Å²) in [6, 6.07) is 15.2. The second kappa shape index (κ2) is 11.4. The van der Waals surface area contributed by atoms with Gasteiger partial charge in [-0.05, 0) is 67.4 Å². The van der Waals surface area contributed by atoms with E-state index in [-0.39, 0.29) is 17.8 Å². The molecule has 0 aliphatic carbocycles. The summed E-state index contributed by atoms with van der Waals surface area (Å²) in [6.45, 7) is 2.14. The average molecular weight is 497 g/mol. The molecule has 6 nitrogen and oxygen atoms in total. The van der Waals surface area contributed by atoms with Crippen molar-refractivity contribution in [2.24, 2.45) is 0 Å². The molecule has 1 amide bonds. The summed E-state index contributed by atoms with van der Waals surface area (Å²) in [6.07, 6.45) is 1.44. The van der Waals surface area contributed by atoms with Crippen molar-refractivity contribution in [3.63, 3.8) is 0 Å². The minimum Gasteiger partial charge on any atom is -0.493 e. The van der Waals surface area contributed by atoms with Crippen LogP contribution in [0.4, 0.5) is 14.5 Å². The van der Waals surface area contributed by atoms with Crippen molar-refractivity contribution in [3.05, 3.63) is 83.4 Å². The zero-order valence-electron chi connectivity index (χ0n) is 20.7. The number of methoxy groups -OCH3 is 3. The number of benzene rings is 3. The van der Waals surface area contributed by atoms with Crippen LogP contribution in [0.25, 0.3) is 0 Å². The highest BCUT2D eigenvalue weighted by molar-refractivity contribution is 6.06. The van der Waals surface area contributed by atoms with E-state index in [2.05, 4.69) is 4.90 Å². The Kier molecular flexibility index (Phi) is 8.05. The lowest BCUT2D eigenvalue weighted by Crippen LogP contribution is -2.47. The molecule has 0 aromatic heterocycles. The number of halogens is 2. The number of hydrogen-bond donors (Lipinski definition) is 0. The molecular formula is C28H30F2N2O4. The van der Waals surface area contributed by atoms with E-state index in [9.17, 15) is 13.6 Å². The summed E-state index contributed by atoms with van der Waals surface area (Å²) in [7, 11) is 4.77. The van der Waals surface area contributed by atoms with E-state index >= 15 is 0 Å². The Balaban J connectivity index is 1.52. The molecule has 3 aromatic rings. The monoisotopic (exact) mass is 496 g/mol. The normalized spacial score (nSPS) is 14.4. The highest BCUT2D eigenvalue weighted by Crippen LogP contribution is 2.40. The predicted molar refractivity (Wildman–Crippen MR) is 134 cm³/mol. The van der Waals surface area contributed by atoms with Crippen molar-refractivity contribution >= 4 is 11.6 Å². The molecule has 0 atom stereocenters. The molecule has 1 saturated heterocycles. The second-order valence-electron chi connectivity index (χ2n) is 8.66. The Bertz CT molecular complexity index is 1180. The molecule has 0 radical (unpaired) electrons. The molecule has 0 saturated carbocycles. The lowest BCUT2D eigenvalue weighted by molar-refractivity contribution is 0.0958. The molecule has 1 fully saturated rings. The average Bonchev–Trinajstić information content (AvgIpc) is 2.90. The number of carbonyl (C=O) groups excluding carboxylic acids is 1. The van der Waals surface area contributed by atoms with Crippen LogP contribution in [0, 0.1) is 11.6 Å². The summed E-state index contributed by atoms with van der Waals surface area (Å²) in [4.78, 5) is 17.5. The first kappa shape index (κ1) is 25.4. The van der Waals surface area contributed by atoms with Gasteiger partial charge in [-0.2, -0.15) is 0 Å². The van der Waals surface area contributed by atoms with Crippen molar-refractivity contribution in [1.29, 1.82) is 0 Å². The van der Waals surface area contributed by atoms with E-state index in [4.69, 9.17) is 14.2 Å². The number of ether oxygens (including phenoxy) is 3. The first-order valence-electron chi connectivity index (χ1n) is 11.8. The molecule has 1 aliphatic heterocycles. The van der Waals surface area contributed by atoms with Crippen LogP contribution < -0.4 is 19.1 Å². The van der Waals surface area contributed by atoms with Crippen molar-refractivity contribution in [2.45, 2.75) is 25.4 Å². The van der Waals surface area contributed by atoms with Gasteiger partial charge in [0.2, 0.25) is 5.75 Å². The molecule has 1 aliphatic rings. The fraction of sp³-hybridized carbons (Fsp3) is 0.321. The molecule has 1 heterocycles. The van der Waals surface area contributed by atoms with Crippen LogP contribution in [0.3, 0.4) is 0 Å². The number of piperidine rings is 1. The Morgan fingerprint density at radius 2 is 1.42 bits per heavy atom. The second-order valence-corrected chi connectivity index (χ2v) is 8.66. The van der Waals surface area contributed by atoms with E-state index < -0.39 is 5.82 Å². The number of carbonyl (C=O) groups is 1. The fourth-order valence-corrected chi connectivity index (χ4v) is 4.69. The van der Waals surface area contributed by atoms with Crippen molar-refractivity contribution < 1.29 is 27.8 Å². The van der Waals surface area contributed by atoms with Crippen LogP contribution in [0.1, 0.15) is 28.8 Å². The topological polar surface area (TPSA) is 51.2 Å². The number of anilines is 1. The standard InChI is InChI=1S/C28H30F2N2O4/c1-34-25-13-6-20(26(35-2)27(25)36-3)18-31-16-14-24(15-17-31)32(23-11-9-22(30)10-12-23)28(33)19-4-7-21(29)8-5-19/h4-13,24H,14-18H2,1-3H3. The Labute approximate surface area is 210 Å². The van der Waals surface area contributed by atoms with Gasteiger partial charge in [-0.3, -0.25) is 9.69 Å². The van der Waals surface area contributed by atoms with Crippen molar-refractivity contribution in [1.82, 2.24) is 4.90 Å². The SMILES string of the molecule is COc1ccc(CN2CCC(N(C(=O)c3ccc(F)cc3)c3ccc(F)cc3)CC2)c(OC)c1OC. The van der Waals surface area contributed by atoms with Crippen molar-refractivity contribution in [3.8, 4) is 17.2 Å². The summed E-state index contributed by atoms with van der Waals surface area (Å²) in [5, 5.41) is 0. The van der Waals surface area contributed by atoms with Gasteiger partial charge in [0.1, 0.15) is 11.6 Å². The van der Waals surface area contributed by atoms with Crippen LogP contribution in [0.5, 0.6) is 17.2 Å². The molecule has 0 spiro atoms. The van der Waals surface area contributed by atoms with E-state index in [0.29, 0.717) is 35.0 Å². The van der Waals surface area contributed by atoms with Gasteiger partial charge >= 0.3 is 0 Å². The van der Waals surface area contributed by atoms with Crippen LogP contribution in [-0.4, -0.2) is 51.3 Å². The number of nitrogens with zero attached hydrogens (tertiary/aromatic N) is 2. The molecule has 36 heavy (non-hydrogen) atoms. The molecule has 0 unspecified atom stereocenters. The van der Waals surface area contributed by atoms with E-state index in [1.54, 1.807) is 38.4 Å². The maximum Gasteiger partial charge on any atom is 0.258 e. The lowest BCUT2D eigenvalue weighted by atomic mass is 10.00. The molecule has 4 rings (SSSR count). The van der Waals surface area contributed by atoms with Crippen LogP contribution >= 0.6 is 0 Å².